The summed E-state index contributed by atoms with van der Waals surface area (Å²) in [6.07, 6.45) is 0. The zero-order valence-electron chi connectivity index (χ0n) is 27.1. The first-order valence-electron chi connectivity index (χ1n) is 17.4. The van der Waals surface area contributed by atoms with Gasteiger partial charge in [0.25, 0.3) is 0 Å². The quantitative estimate of drug-likeness (QED) is 0.164. The normalized spacial score (nSPS) is 15.7. The maximum absolute atomic E-state index is 6.57. The molecule has 0 bridgehead atoms. The van der Waals surface area contributed by atoms with E-state index in [9.17, 15) is 0 Å². The minimum atomic E-state index is -0.462. The highest BCUT2D eigenvalue weighted by molar-refractivity contribution is 6.26. The van der Waals surface area contributed by atoms with E-state index < -0.39 is 5.41 Å². The fraction of sp³-hybridized carbons (Fsp3) is 0.0204. The van der Waals surface area contributed by atoms with E-state index in [1.165, 1.54) is 82.4 Å². The highest BCUT2D eigenvalue weighted by Gasteiger charge is 2.52. The first-order chi connectivity index (χ1) is 24.8. The van der Waals surface area contributed by atoms with E-state index in [4.69, 9.17) is 4.42 Å². The topological polar surface area (TPSA) is 13.1 Å². The molecule has 1 heteroatoms. The van der Waals surface area contributed by atoms with Gasteiger partial charge in [-0.1, -0.05) is 146 Å². The summed E-state index contributed by atoms with van der Waals surface area (Å²) in [5.41, 5.74) is 14.3. The first-order valence-corrected chi connectivity index (χ1v) is 17.4. The Morgan fingerprint density at radius 2 is 0.800 bits per heavy atom. The van der Waals surface area contributed by atoms with Crippen molar-refractivity contribution in [2.75, 3.05) is 0 Å². The van der Waals surface area contributed by atoms with Crippen molar-refractivity contribution in [2.24, 2.45) is 0 Å². The molecule has 1 aromatic heterocycles. The van der Waals surface area contributed by atoms with E-state index in [0.29, 0.717) is 0 Å². The van der Waals surface area contributed by atoms with Gasteiger partial charge in [0, 0.05) is 16.3 Å². The zero-order chi connectivity index (χ0) is 32.6. The Bertz CT molecular complexity index is 3100. The van der Waals surface area contributed by atoms with Crippen LogP contribution >= 0.6 is 0 Å². The number of furan rings is 1. The summed E-state index contributed by atoms with van der Waals surface area (Å²) in [6.45, 7) is 0. The monoisotopic (exact) mass is 632 g/mol. The van der Waals surface area contributed by atoms with Gasteiger partial charge in [-0.25, -0.2) is 0 Å². The molecule has 12 rings (SSSR count). The van der Waals surface area contributed by atoms with Crippen LogP contribution in [0.4, 0.5) is 0 Å². The summed E-state index contributed by atoms with van der Waals surface area (Å²) in [5.74, 6) is 0. The van der Waals surface area contributed by atoms with Crippen molar-refractivity contribution in [3.05, 3.63) is 192 Å². The third-order valence-electron chi connectivity index (χ3n) is 11.7. The molecule has 0 radical (unpaired) electrons. The summed E-state index contributed by atoms with van der Waals surface area (Å²) in [7, 11) is 0. The lowest BCUT2D eigenvalue weighted by atomic mass is 9.70. The van der Waals surface area contributed by atoms with Crippen LogP contribution in [0.3, 0.4) is 0 Å². The summed E-state index contributed by atoms with van der Waals surface area (Å²) in [6, 6.07) is 63.1. The molecule has 0 saturated carbocycles. The average Bonchev–Trinajstić information content (AvgIpc) is 3.81. The molecular formula is C49H28O. The second kappa shape index (κ2) is 9.37. The molecule has 1 nitrogen and oxygen atoms in total. The van der Waals surface area contributed by atoms with Crippen LogP contribution in [0.2, 0.25) is 0 Å². The average molecular weight is 633 g/mol. The second-order valence-corrected chi connectivity index (χ2v) is 13.9. The van der Waals surface area contributed by atoms with E-state index in [1.54, 1.807) is 0 Å². The standard InChI is InChI=1S/C49H28O/c1-3-14-33-31(12-1)32-13-2-4-15-34(32)41-28-46-42(27-40(33)41)36-17-6-9-22-44(36)49(46)43-21-8-5-16-35(43)37-25-24-29(26-45(37)49)30-19-11-20-39-38-18-7-10-23-47(38)50-48(30)39/h1-28H. The van der Waals surface area contributed by atoms with Crippen molar-refractivity contribution in [3.8, 4) is 33.4 Å². The van der Waals surface area contributed by atoms with Crippen molar-refractivity contribution >= 4 is 54.3 Å². The zero-order valence-corrected chi connectivity index (χ0v) is 27.1. The Hall–Kier alpha value is -6.44. The summed E-state index contributed by atoms with van der Waals surface area (Å²) < 4.78 is 6.57. The molecular weight excluding hydrogens is 605 g/mol. The molecule has 1 atom stereocenters. The van der Waals surface area contributed by atoms with E-state index >= 15 is 0 Å². The third-order valence-corrected chi connectivity index (χ3v) is 11.7. The molecule has 9 aromatic carbocycles. The summed E-state index contributed by atoms with van der Waals surface area (Å²) in [4.78, 5) is 0. The molecule has 2 aliphatic carbocycles. The van der Waals surface area contributed by atoms with Gasteiger partial charge < -0.3 is 4.42 Å². The van der Waals surface area contributed by atoms with Gasteiger partial charge in [-0.3, -0.25) is 0 Å². The molecule has 0 amide bonds. The van der Waals surface area contributed by atoms with Crippen LogP contribution < -0.4 is 0 Å². The Labute approximate surface area is 288 Å². The molecule has 10 aromatic rings. The molecule has 0 aliphatic heterocycles. The fourth-order valence-corrected chi connectivity index (χ4v) is 9.68. The summed E-state index contributed by atoms with van der Waals surface area (Å²) in [5, 5.41) is 10.1. The molecule has 1 heterocycles. The van der Waals surface area contributed by atoms with Gasteiger partial charge in [0.2, 0.25) is 0 Å². The lowest BCUT2D eigenvalue weighted by Gasteiger charge is -2.31. The first kappa shape index (κ1) is 26.5. The van der Waals surface area contributed by atoms with E-state index in [0.717, 1.165) is 27.5 Å². The third kappa shape index (κ3) is 3.14. The van der Waals surface area contributed by atoms with Gasteiger partial charge in [0.1, 0.15) is 11.2 Å². The van der Waals surface area contributed by atoms with E-state index in [-0.39, 0.29) is 0 Å². The van der Waals surface area contributed by atoms with Gasteiger partial charge in [-0.05, 0) is 107 Å². The molecule has 0 fully saturated rings. The van der Waals surface area contributed by atoms with Gasteiger partial charge in [-0.15, -0.1) is 0 Å². The Balaban J connectivity index is 1.22. The molecule has 0 N–H and O–H groups in total. The van der Waals surface area contributed by atoms with Crippen LogP contribution in [-0.4, -0.2) is 0 Å². The van der Waals surface area contributed by atoms with Crippen molar-refractivity contribution in [2.45, 2.75) is 5.41 Å². The van der Waals surface area contributed by atoms with Crippen LogP contribution in [0.1, 0.15) is 22.3 Å². The number of hydrogen-bond donors (Lipinski definition) is 0. The minimum Gasteiger partial charge on any atom is -0.455 e. The highest BCUT2D eigenvalue weighted by atomic mass is 16.3. The largest absolute Gasteiger partial charge is 0.455 e. The van der Waals surface area contributed by atoms with Crippen LogP contribution in [0.5, 0.6) is 0 Å². The lowest BCUT2D eigenvalue weighted by molar-refractivity contribution is 0.670. The number of para-hydroxylation sites is 2. The van der Waals surface area contributed by atoms with Crippen molar-refractivity contribution in [3.63, 3.8) is 0 Å². The van der Waals surface area contributed by atoms with Crippen molar-refractivity contribution in [1.82, 2.24) is 0 Å². The predicted octanol–water partition coefficient (Wildman–Crippen LogP) is 13.1. The lowest BCUT2D eigenvalue weighted by Crippen LogP contribution is -2.25. The second-order valence-electron chi connectivity index (χ2n) is 13.9. The molecule has 0 saturated heterocycles. The molecule has 50 heavy (non-hydrogen) atoms. The number of hydrogen-bond acceptors (Lipinski definition) is 1. The van der Waals surface area contributed by atoms with E-state index in [1.807, 2.05) is 6.07 Å². The molecule has 230 valence electrons. The number of benzene rings is 9. The Kier molecular flexibility index (Phi) is 4.97. The summed E-state index contributed by atoms with van der Waals surface area (Å²) >= 11 is 0. The minimum absolute atomic E-state index is 0.462. The maximum atomic E-state index is 6.57. The van der Waals surface area contributed by atoms with Crippen LogP contribution in [0.25, 0.3) is 87.6 Å². The Morgan fingerprint density at radius 1 is 0.300 bits per heavy atom. The Morgan fingerprint density at radius 3 is 1.52 bits per heavy atom. The SMILES string of the molecule is c1ccc2c(c1)-c1ccc(-c3cccc4c3oc3ccccc34)cc1C21c2ccccc2-c2cc3c4ccccc4c4ccccc4c3cc21. The van der Waals surface area contributed by atoms with Crippen molar-refractivity contribution in [1.29, 1.82) is 0 Å². The molecule has 1 spiro atoms. The fourth-order valence-electron chi connectivity index (χ4n) is 9.68. The van der Waals surface area contributed by atoms with E-state index in [2.05, 4.69) is 164 Å². The highest BCUT2D eigenvalue weighted by Crippen LogP contribution is 2.64. The van der Waals surface area contributed by atoms with Crippen LogP contribution in [0.15, 0.2) is 174 Å². The van der Waals surface area contributed by atoms with Gasteiger partial charge in [0.15, 0.2) is 0 Å². The molecule has 2 aliphatic rings. The van der Waals surface area contributed by atoms with Crippen molar-refractivity contribution < 1.29 is 4.42 Å². The smallest absolute Gasteiger partial charge is 0.143 e. The predicted molar refractivity (Wildman–Crippen MR) is 208 cm³/mol. The van der Waals surface area contributed by atoms with Crippen LogP contribution in [-0.2, 0) is 5.41 Å². The van der Waals surface area contributed by atoms with Crippen LogP contribution in [0, 0.1) is 0 Å². The van der Waals surface area contributed by atoms with Gasteiger partial charge >= 0.3 is 0 Å². The maximum Gasteiger partial charge on any atom is 0.143 e. The molecule has 1 unspecified atom stereocenters. The van der Waals surface area contributed by atoms with Gasteiger partial charge in [-0.2, -0.15) is 0 Å². The number of rotatable bonds is 1. The van der Waals surface area contributed by atoms with Gasteiger partial charge in [0.05, 0.1) is 5.41 Å². The number of fused-ring (bicyclic) bond motifs is 19.